The van der Waals surface area contributed by atoms with Gasteiger partial charge in [0.1, 0.15) is 17.3 Å². The molecule has 0 atom stereocenters. The molecule has 2 nitrogen and oxygen atoms in total. The van der Waals surface area contributed by atoms with E-state index >= 15 is 0 Å². The Labute approximate surface area is 111 Å². The third kappa shape index (κ3) is 2.65. The van der Waals surface area contributed by atoms with Crippen molar-refractivity contribution in [3.8, 4) is 11.5 Å². The van der Waals surface area contributed by atoms with E-state index in [-0.39, 0.29) is 11.3 Å². The third-order valence-corrected chi connectivity index (χ3v) is 3.11. The Hall–Kier alpha value is -2.16. The second kappa shape index (κ2) is 5.22. The van der Waals surface area contributed by atoms with Gasteiger partial charge >= 0.3 is 0 Å². The highest BCUT2D eigenvalue weighted by Gasteiger charge is 2.11. The monoisotopic (exact) mass is 258 g/mol. The summed E-state index contributed by atoms with van der Waals surface area (Å²) in [6, 6.07) is 8.28. The standard InChI is InChI=1S/C16H15FO2/c1-10-7-11(2)12(3)16(8-10)19-15-6-4-5-14(17)13(15)9-18/h4-9H,1-3H3. The summed E-state index contributed by atoms with van der Waals surface area (Å²) in [5, 5.41) is 0. The highest BCUT2D eigenvalue weighted by atomic mass is 19.1. The summed E-state index contributed by atoms with van der Waals surface area (Å²) in [4.78, 5) is 10.9. The van der Waals surface area contributed by atoms with Gasteiger partial charge in [-0.25, -0.2) is 4.39 Å². The molecule has 98 valence electrons. The van der Waals surface area contributed by atoms with Crippen molar-refractivity contribution in [2.45, 2.75) is 20.8 Å². The predicted octanol–water partition coefficient (Wildman–Crippen LogP) is 4.36. The van der Waals surface area contributed by atoms with E-state index in [1.54, 1.807) is 6.07 Å². The lowest BCUT2D eigenvalue weighted by molar-refractivity contribution is 0.111. The van der Waals surface area contributed by atoms with Crippen LogP contribution in [-0.2, 0) is 0 Å². The molecule has 0 spiro atoms. The summed E-state index contributed by atoms with van der Waals surface area (Å²) < 4.78 is 19.2. The van der Waals surface area contributed by atoms with Crippen LogP contribution in [0.5, 0.6) is 11.5 Å². The van der Waals surface area contributed by atoms with E-state index < -0.39 is 5.82 Å². The van der Waals surface area contributed by atoms with E-state index in [4.69, 9.17) is 4.74 Å². The second-order valence-electron chi connectivity index (χ2n) is 4.58. The van der Waals surface area contributed by atoms with Gasteiger partial charge in [0.05, 0.1) is 5.56 Å². The molecule has 0 aliphatic rings. The molecule has 0 aliphatic heterocycles. The van der Waals surface area contributed by atoms with Crippen LogP contribution in [0.15, 0.2) is 30.3 Å². The number of carbonyl (C=O) groups is 1. The van der Waals surface area contributed by atoms with Crippen LogP contribution >= 0.6 is 0 Å². The highest BCUT2D eigenvalue weighted by Crippen LogP contribution is 2.30. The van der Waals surface area contributed by atoms with Crippen molar-refractivity contribution in [3.63, 3.8) is 0 Å². The fourth-order valence-corrected chi connectivity index (χ4v) is 1.95. The Kier molecular flexibility index (Phi) is 3.65. The molecule has 0 saturated carbocycles. The molecule has 0 aromatic heterocycles. The summed E-state index contributed by atoms with van der Waals surface area (Å²) in [7, 11) is 0. The van der Waals surface area contributed by atoms with Crippen LogP contribution < -0.4 is 4.74 Å². The van der Waals surface area contributed by atoms with Crippen molar-refractivity contribution in [2.24, 2.45) is 0 Å². The number of aryl methyl sites for hydroxylation is 2. The molecule has 0 bridgehead atoms. The van der Waals surface area contributed by atoms with E-state index in [1.165, 1.54) is 12.1 Å². The zero-order valence-corrected chi connectivity index (χ0v) is 11.2. The van der Waals surface area contributed by atoms with Gasteiger partial charge in [-0.2, -0.15) is 0 Å². The van der Waals surface area contributed by atoms with Gasteiger partial charge in [-0.3, -0.25) is 4.79 Å². The number of hydrogen-bond acceptors (Lipinski definition) is 2. The number of benzene rings is 2. The molecular weight excluding hydrogens is 243 g/mol. The molecule has 2 rings (SSSR count). The first-order valence-corrected chi connectivity index (χ1v) is 6.02. The van der Waals surface area contributed by atoms with E-state index in [2.05, 4.69) is 6.07 Å². The van der Waals surface area contributed by atoms with Crippen LogP contribution in [0.1, 0.15) is 27.0 Å². The van der Waals surface area contributed by atoms with Gasteiger partial charge in [-0.05, 0) is 55.7 Å². The summed E-state index contributed by atoms with van der Waals surface area (Å²) in [5.74, 6) is 0.309. The summed E-state index contributed by atoms with van der Waals surface area (Å²) >= 11 is 0. The minimum absolute atomic E-state index is 0.0546. The van der Waals surface area contributed by atoms with E-state index in [9.17, 15) is 9.18 Å². The van der Waals surface area contributed by atoms with Gasteiger partial charge in [-0.15, -0.1) is 0 Å². The first-order chi connectivity index (χ1) is 9.02. The number of halogens is 1. The highest BCUT2D eigenvalue weighted by molar-refractivity contribution is 5.79. The molecule has 0 unspecified atom stereocenters. The molecule has 0 heterocycles. The normalized spacial score (nSPS) is 10.3. The van der Waals surface area contributed by atoms with Crippen LogP contribution in [0, 0.1) is 26.6 Å². The molecular formula is C16H15FO2. The molecule has 0 aliphatic carbocycles. The molecule has 0 fully saturated rings. The van der Waals surface area contributed by atoms with E-state index in [0.29, 0.717) is 12.0 Å². The maximum atomic E-state index is 13.5. The maximum Gasteiger partial charge on any atom is 0.156 e. The fraction of sp³-hybridized carbons (Fsp3) is 0.188. The SMILES string of the molecule is Cc1cc(C)c(C)c(Oc2cccc(F)c2C=O)c1. The smallest absolute Gasteiger partial charge is 0.156 e. The Morgan fingerprint density at radius 2 is 1.84 bits per heavy atom. The van der Waals surface area contributed by atoms with Crippen molar-refractivity contribution in [2.75, 3.05) is 0 Å². The molecule has 2 aromatic rings. The molecule has 0 N–H and O–H groups in total. The quantitative estimate of drug-likeness (QED) is 0.765. The zero-order valence-electron chi connectivity index (χ0n) is 11.2. The number of carbonyl (C=O) groups excluding carboxylic acids is 1. The van der Waals surface area contributed by atoms with Crippen molar-refractivity contribution in [1.82, 2.24) is 0 Å². The average molecular weight is 258 g/mol. The van der Waals surface area contributed by atoms with Crippen LogP contribution in [0.2, 0.25) is 0 Å². The van der Waals surface area contributed by atoms with Gasteiger partial charge in [0.25, 0.3) is 0 Å². The van der Waals surface area contributed by atoms with Gasteiger partial charge in [0, 0.05) is 0 Å². The first kappa shape index (κ1) is 13.3. The molecule has 19 heavy (non-hydrogen) atoms. The molecule has 2 aromatic carbocycles. The molecule has 3 heteroatoms. The second-order valence-corrected chi connectivity index (χ2v) is 4.58. The Bertz CT molecular complexity index is 633. The maximum absolute atomic E-state index is 13.5. The minimum atomic E-state index is -0.575. The number of ether oxygens (including phenoxy) is 1. The first-order valence-electron chi connectivity index (χ1n) is 6.02. The Balaban J connectivity index is 2.47. The lowest BCUT2D eigenvalue weighted by Gasteiger charge is -2.13. The predicted molar refractivity (Wildman–Crippen MR) is 72.5 cm³/mol. The Morgan fingerprint density at radius 1 is 1.11 bits per heavy atom. The molecule has 0 saturated heterocycles. The third-order valence-electron chi connectivity index (χ3n) is 3.11. The number of hydrogen-bond donors (Lipinski definition) is 0. The lowest BCUT2D eigenvalue weighted by Crippen LogP contribution is -1.96. The number of aldehydes is 1. The fourth-order valence-electron chi connectivity index (χ4n) is 1.95. The van der Waals surface area contributed by atoms with Crippen molar-refractivity contribution >= 4 is 6.29 Å². The van der Waals surface area contributed by atoms with Crippen molar-refractivity contribution in [3.05, 3.63) is 58.4 Å². The minimum Gasteiger partial charge on any atom is -0.456 e. The summed E-state index contributed by atoms with van der Waals surface area (Å²) in [5.41, 5.74) is 3.08. The summed E-state index contributed by atoms with van der Waals surface area (Å²) in [6.45, 7) is 5.89. The van der Waals surface area contributed by atoms with Gasteiger partial charge in [0.15, 0.2) is 6.29 Å². The summed E-state index contributed by atoms with van der Waals surface area (Å²) in [6.07, 6.45) is 0.475. The van der Waals surface area contributed by atoms with Gasteiger partial charge in [0.2, 0.25) is 0 Å². The lowest BCUT2D eigenvalue weighted by atomic mass is 10.1. The van der Waals surface area contributed by atoms with Crippen molar-refractivity contribution in [1.29, 1.82) is 0 Å². The Morgan fingerprint density at radius 3 is 2.53 bits per heavy atom. The number of rotatable bonds is 3. The average Bonchev–Trinajstić information content (AvgIpc) is 2.35. The van der Waals surface area contributed by atoms with Crippen LogP contribution in [0.25, 0.3) is 0 Å². The van der Waals surface area contributed by atoms with Crippen molar-refractivity contribution < 1.29 is 13.9 Å². The van der Waals surface area contributed by atoms with E-state index in [1.807, 2.05) is 26.8 Å². The van der Waals surface area contributed by atoms with Gasteiger partial charge < -0.3 is 4.74 Å². The molecule has 0 radical (unpaired) electrons. The van der Waals surface area contributed by atoms with Gasteiger partial charge in [-0.1, -0.05) is 12.1 Å². The van der Waals surface area contributed by atoms with Crippen LogP contribution in [0.3, 0.4) is 0 Å². The zero-order chi connectivity index (χ0) is 14.0. The molecule has 0 amide bonds. The van der Waals surface area contributed by atoms with E-state index in [0.717, 1.165) is 16.7 Å². The van der Waals surface area contributed by atoms with Crippen LogP contribution in [-0.4, -0.2) is 6.29 Å². The largest absolute Gasteiger partial charge is 0.456 e. The topological polar surface area (TPSA) is 26.3 Å². The van der Waals surface area contributed by atoms with Crippen LogP contribution in [0.4, 0.5) is 4.39 Å².